The van der Waals surface area contributed by atoms with Gasteiger partial charge >= 0.3 is 5.69 Å². The maximum absolute atomic E-state index is 15.1. The van der Waals surface area contributed by atoms with E-state index in [4.69, 9.17) is 35.3 Å². The zero-order valence-corrected chi connectivity index (χ0v) is 27.0. The number of halogens is 1. The molecule has 5 heterocycles. The lowest BCUT2D eigenvalue weighted by Gasteiger charge is -2.42. The molecule has 3 atom stereocenters. The summed E-state index contributed by atoms with van der Waals surface area (Å²) < 4.78 is 30.4. The first-order valence-electron chi connectivity index (χ1n) is 14.9. The van der Waals surface area contributed by atoms with E-state index in [1.54, 1.807) is 25.1 Å². The van der Waals surface area contributed by atoms with E-state index in [2.05, 4.69) is 10.3 Å². The minimum atomic E-state index is -2.12. The smallest absolute Gasteiger partial charge is 0.332 e. The van der Waals surface area contributed by atoms with Crippen LogP contribution in [0.3, 0.4) is 0 Å². The number of hydrogen-bond donors (Lipinski definition) is 2. The number of carbonyl (C=O) groups is 2. The van der Waals surface area contributed by atoms with Crippen LogP contribution < -0.4 is 45.8 Å². The highest BCUT2D eigenvalue weighted by Crippen LogP contribution is 2.56. The summed E-state index contributed by atoms with van der Waals surface area (Å²) in [6.07, 6.45) is 0.0708. The average Bonchev–Trinajstić information content (AvgIpc) is 3.66. The number of carbonyl (C=O) groups excluding carboxylic acids is 2. The second-order valence-corrected chi connectivity index (χ2v) is 12.5. The first kappa shape index (κ1) is 29.9. The number of ether oxygens (including phenoxy) is 5. The Morgan fingerprint density at radius 3 is 2.35 bits per heavy atom. The number of pyridine rings is 1. The Morgan fingerprint density at radius 2 is 1.65 bits per heavy atom. The van der Waals surface area contributed by atoms with E-state index in [-0.39, 0.29) is 63.6 Å². The van der Waals surface area contributed by atoms with Crippen molar-refractivity contribution in [1.29, 1.82) is 0 Å². The van der Waals surface area contributed by atoms with Crippen LogP contribution >= 0.6 is 11.6 Å². The second-order valence-electron chi connectivity index (χ2n) is 12.2. The maximum atomic E-state index is 15.1. The average molecular weight is 675 g/mol. The zero-order valence-electron chi connectivity index (χ0n) is 26.2. The van der Waals surface area contributed by atoms with Crippen molar-refractivity contribution >= 4 is 39.9 Å². The van der Waals surface area contributed by atoms with Crippen LogP contribution in [0.25, 0.3) is 10.9 Å². The van der Waals surface area contributed by atoms with E-state index in [9.17, 15) is 19.2 Å². The fourth-order valence-corrected chi connectivity index (χ4v) is 7.59. The van der Waals surface area contributed by atoms with Crippen LogP contribution in [-0.2, 0) is 18.9 Å². The van der Waals surface area contributed by atoms with Crippen molar-refractivity contribution in [3.63, 3.8) is 0 Å². The lowest BCUT2D eigenvalue weighted by Crippen LogP contribution is -2.58. The highest BCUT2D eigenvalue weighted by atomic mass is 35.5. The number of H-pyrrole nitrogens is 1. The van der Waals surface area contributed by atoms with E-state index in [1.807, 2.05) is 0 Å². The summed E-state index contributed by atoms with van der Waals surface area (Å²) in [6.45, 7) is 1.69. The van der Waals surface area contributed by atoms with Crippen molar-refractivity contribution < 1.29 is 33.3 Å². The minimum absolute atomic E-state index is 0.0105. The van der Waals surface area contributed by atoms with Gasteiger partial charge in [0.05, 0.1) is 31.2 Å². The van der Waals surface area contributed by atoms with Crippen LogP contribution in [0.5, 0.6) is 28.7 Å². The summed E-state index contributed by atoms with van der Waals surface area (Å²) in [5.74, 6) is -2.29. The van der Waals surface area contributed by atoms with Gasteiger partial charge in [-0.15, -0.1) is 0 Å². The van der Waals surface area contributed by atoms with Crippen LogP contribution in [0.15, 0.2) is 49.9 Å². The van der Waals surface area contributed by atoms with Crippen LogP contribution in [0.4, 0.5) is 5.82 Å². The molecule has 2 N–H and O–H groups in total. The molecule has 0 saturated heterocycles. The van der Waals surface area contributed by atoms with Gasteiger partial charge in [-0.3, -0.25) is 28.3 Å². The number of fused-ring (bicyclic) bond motifs is 4. The van der Waals surface area contributed by atoms with Gasteiger partial charge in [-0.25, -0.2) is 4.79 Å². The van der Waals surface area contributed by atoms with E-state index in [1.165, 1.54) is 38.9 Å². The molecule has 8 rings (SSSR count). The Bertz CT molecular complexity index is 2410. The Hall–Kier alpha value is -5.50. The predicted octanol–water partition coefficient (Wildman–Crippen LogP) is 2.76. The number of rotatable bonds is 3. The number of anilines is 1. The molecule has 3 aliphatic heterocycles. The summed E-state index contributed by atoms with van der Waals surface area (Å²) in [4.78, 5) is 73.5. The van der Waals surface area contributed by atoms with E-state index >= 15 is 4.79 Å². The van der Waals surface area contributed by atoms with Crippen LogP contribution in [0.2, 0.25) is 5.02 Å². The van der Waals surface area contributed by atoms with Gasteiger partial charge in [0.1, 0.15) is 27.9 Å². The van der Waals surface area contributed by atoms with Gasteiger partial charge in [-0.05, 0) is 18.6 Å². The largest absolute Gasteiger partial charge is 0.496 e. The van der Waals surface area contributed by atoms with Crippen LogP contribution in [0, 0.1) is 5.92 Å². The summed E-state index contributed by atoms with van der Waals surface area (Å²) in [7, 11) is 5.55. The van der Waals surface area contributed by atoms with Crippen molar-refractivity contribution in [2.75, 3.05) is 26.3 Å². The Kier molecular flexibility index (Phi) is 6.22. The molecule has 2 aromatic heterocycles. The fraction of sp³-hybridized carbons (Fsp3) is 0.303. The molecular weight excluding hydrogens is 648 g/mol. The number of aromatic nitrogens is 3. The summed E-state index contributed by atoms with van der Waals surface area (Å²) in [5, 5.41) is 3.66. The third kappa shape index (κ3) is 3.65. The van der Waals surface area contributed by atoms with Gasteiger partial charge in [0, 0.05) is 54.4 Å². The van der Waals surface area contributed by atoms with E-state index < -0.39 is 45.8 Å². The molecule has 0 unspecified atom stereocenters. The summed E-state index contributed by atoms with van der Waals surface area (Å²) in [6, 6.07) is 6.32. The SMILES string of the molecule is COc1cc(OC)c2c(c1Cl)O[C@@]1(C(=O)C3=C(C[C@H]1C)Nc1c(c(=O)n(C)c(=O)n1C)[C@H]3c1cc3cc4c(cc3[nH]c1=O)OCO4)C2=O. The molecule has 0 fully saturated rings. The van der Waals surface area contributed by atoms with Gasteiger partial charge in [-0.2, -0.15) is 0 Å². The predicted molar refractivity (Wildman–Crippen MR) is 171 cm³/mol. The number of nitrogens with zero attached hydrogens (tertiary/aromatic N) is 2. The summed E-state index contributed by atoms with van der Waals surface area (Å²) >= 11 is 6.63. The summed E-state index contributed by atoms with van der Waals surface area (Å²) in [5.41, 5.74) is -3.32. The molecule has 0 bridgehead atoms. The highest BCUT2D eigenvalue weighted by molar-refractivity contribution is 6.36. The third-order valence-electron chi connectivity index (χ3n) is 9.75. The van der Waals surface area contributed by atoms with E-state index in [0.717, 1.165) is 4.57 Å². The third-order valence-corrected chi connectivity index (χ3v) is 10.1. The fourth-order valence-electron chi connectivity index (χ4n) is 7.33. The lowest BCUT2D eigenvalue weighted by atomic mass is 9.66. The van der Waals surface area contributed by atoms with Crippen molar-refractivity contribution in [3.8, 4) is 28.7 Å². The molecule has 15 heteroatoms. The Labute approximate surface area is 275 Å². The first-order chi connectivity index (χ1) is 22.9. The topological polar surface area (TPSA) is 169 Å². The molecule has 0 radical (unpaired) electrons. The van der Waals surface area contributed by atoms with Gasteiger partial charge in [0.15, 0.2) is 17.2 Å². The van der Waals surface area contributed by atoms with Gasteiger partial charge in [-0.1, -0.05) is 18.5 Å². The van der Waals surface area contributed by atoms with Crippen molar-refractivity contribution in [3.05, 3.63) is 88.4 Å². The number of nitrogens with one attached hydrogen (secondary N) is 2. The van der Waals surface area contributed by atoms with Crippen LogP contribution in [0.1, 0.15) is 40.7 Å². The molecule has 48 heavy (non-hydrogen) atoms. The second kappa shape index (κ2) is 10.0. The first-order valence-corrected chi connectivity index (χ1v) is 15.3. The number of hydrogen-bond acceptors (Lipinski definition) is 11. The van der Waals surface area contributed by atoms with Crippen molar-refractivity contribution in [2.45, 2.75) is 24.9 Å². The number of methoxy groups -OCH3 is 2. The van der Waals surface area contributed by atoms with Gasteiger partial charge in [0.2, 0.25) is 24.0 Å². The zero-order chi connectivity index (χ0) is 34.0. The van der Waals surface area contributed by atoms with Crippen LogP contribution in [-0.4, -0.2) is 52.3 Å². The standard InChI is InChI=1S/C33H27ClN4O10/c1-12-6-16-22(27(39)33(12)28(40)23-19(44-4)10-20(45-5)25(34)26(23)48-33)21(24-29(35-16)37(2)32(43)38(3)31(24)42)14-7-13-8-17-18(47-11-46-17)9-15(13)36-30(14)41/h7-10,12,21,35H,6,11H2,1-5H3,(H,36,41)/t12-,21+,33+/m1/s1. The van der Waals surface area contributed by atoms with Gasteiger partial charge < -0.3 is 34.0 Å². The normalized spacial score (nSPS) is 22.0. The number of Topliss-reactive ketones (excluding diaryl/α,β-unsaturated/α-hetero) is 2. The van der Waals surface area contributed by atoms with E-state index in [0.29, 0.717) is 28.1 Å². The minimum Gasteiger partial charge on any atom is -0.496 e. The molecule has 246 valence electrons. The molecular formula is C33H27ClN4O10. The molecule has 4 aromatic rings. The highest BCUT2D eigenvalue weighted by Gasteiger charge is 2.64. The number of aromatic amines is 1. The molecule has 1 aliphatic carbocycles. The lowest BCUT2D eigenvalue weighted by molar-refractivity contribution is -0.130. The Morgan fingerprint density at radius 1 is 0.938 bits per heavy atom. The maximum Gasteiger partial charge on any atom is 0.332 e. The number of benzene rings is 2. The number of ketones is 2. The molecule has 2 aromatic carbocycles. The molecule has 1 spiro atoms. The quantitative estimate of drug-likeness (QED) is 0.307. The van der Waals surface area contributed by atoms with Crippen molar-refractivity contribution in [1.82, 2.24) is 14.1 Å². The Balaban J connectivity index is 1.40. The monoisotopic (exact) mass is 674 g/mol. The molecule has 0 amide bonds. The molecule has 4 aliphatic rings. The van der Waals surface area contributed by atoms with Crippen molar-refractivity contribution in [2.24, 2.45) is 20.0 Å². The van der Waals surface area contributed by atoms with Gasteiger partial charge in [0.25, 0.3) is 11.1 Å². The molecule has 14 nitrogen and oxygen atoms in total. The molecule has 0 saturated carbocycles. The number of allylic oxidation sites excluding steroid dienone is 1.